The van der Waals surface area contributed by atoms with Crippen molar-refractivity contribution in [1.82, 2.24) is 4.57 Å². The number of halogens is 2. The molecule has 0 unspecified atom stereocenters. The van der Waals surface area contributed by atoms with Crippen LogP contribution in [0.15, 0.2) is 86.6 Å². The van der Waals surface area contributed by atoms with Gasteiger partial charge in [0.1, 0.15) is 18.1 Å². The van der Waals surface area contributed by atoms with Crippen molar-refractivity contribution in [3.8, 4) is 23.8 Å². The quantitative estimate of drug-likeness (QED) is 0.124. The number of carbonyl (C=O) groups is 1. The third-order valence-electron chi connectivity index (χ3n) is 6.50. The zero-order valence-corrected chi connectivity index (χ0v) is 27.9. The van der Waals surface area contributed by atoms with Crippen LogP contribution < -0.4 is 24.4 Å². The fourth-order valence-corrected chi connectivity index (χ4v) is 7.46. The van der Waals surface area contributed by atoms with E-state index in [1.165, 1.54) is 11.3 Å². The van der Waals surface area contributed by atoms with Crippen LogP contribution in [0, 0.1) is 15.9 Å². The molecule has 4 aromatic rings. The van der Waals surface area contributed by atoms with E-state index in [0.29, 0.717) is 38.7 Å². The standard InChI is InChI=1S/C33H26BrIN2O5S/c1-4-16-42-30-22(17-23(34)19-25(30)35)18-26-31(38)37-29(21-12-14-24(15-13-21)40-5-2)27(32(39)41-6-3)28(36-33(37)43-26)20-10-8-7-9-11-20/h1,7-15,17-19,29H,5-6,16H2,2-3H3/b26-18-/t29-/m0/s1. The molecular weight excluding hydrogens is 743 g/mol. The first-order chi connectivity index (χ1) is 20.9. The minimum absolute atomic E-state index is 0.0841. The number of carbonyl (C=O) groups excluding carboxylic acids is 1. The second-order valence-electron chi connectivity index (χ2n) is 9.23. The van der Waals surface area contributed by atoms with Gasteiger partial charge in [-0.25, -0.2) is 9.79 Å². The highest BCUT2D eigenvalue weighted by atomic mass is 127. The van der Waals surface area contributed by atoms with Gasteiger partial charge in [0.15, 0.2) is 4.80 Å². The Morgan fingerprint density at radius 3 is 2.53 bits per heavy atom. The largest absolute Gasteiger partial charge is 0.494 e. The fraction of sp³-hybridized carbons (Fsp3) is 0.182. The fourth-order valence-electron chi connectivity index (χ4n) is 4.76. The molecule has 0 aliphatic carbocycles. The molecule has 0 bridgehead atoms. The third kappa shape index (κ3) is 6.49. The molecule has 0 saturated carbocycles. The molecule has 218 valence electrons. The Bertz CT molecular complexity index is 1930. The van der Waals surface area contributed by atoms with E-state index in [1.54, 1.807) is 17.6 Å². The summed E-state index contributed by atoms with van der Waals surface area (Å²) in [6.07, 6.45) is 7.23. The Kier molecular flexibility index (Phi) is 9.85. The first-order valence-corrected chi connectivity index (χ1v) is 16.1. The predicted octanol–water partition coefficient (Wildman–Crippen LogP) is 5.71. The van der Waals surface area contributed by atoms with E-state index < -0.39 is 12.0 Å². The van der Waals surface area contributed by atoms with Gasteiger partial charge in [-0.15, -0.1) is 6.42 Å². The number of aromatic nitrogens is 1. The monoisotopic (exact) mass is 768 g/mol. The lowest BCUT2D eigenvalue weighted by Crippen LogP contribution is -2.40. The molecular formula is C33H26BrIN2O5S. The van der Waals surface area contributed by atoms with Gasteiger partial charge in [-0.3, -0.25) is 9.36 Å². The van der Waals surface area contributed by atoms with Crippen molar-refractivity contribution < 1.29 is 19.0 Å². The molecule has 2 heterocycles. The third-order valence-corrected chi connectivity index (χ3v) is 8.75. The molecule has 3 aromatic carbocycles. The number of nitrogens with zero attached hydrogens (tertiary/aromatic N) is 2. The lowest BCUT2D eigenvalue weighted by molar-refractivity contribution is -0.138. The van der Waals surface area contributed by atoms with Crippen LogP contribution in [0.5, 0.6) is 11.5 Å². The average molecular weight is 769 g/mol. The van der Waals surface area contributed by atoms with E-state index in [2.05, 4.69) is 44.4 Å². The maximum atomic E-state index is 14.2. The Morgan fingerprint density at radius 2 is 1.86 bits per heavy atom. The summed E-state index contributed by atoms with van der Waals surface area (Å²) in [6.45, 7) is 4.44. The topological polar surface area (TPSA) is 79.1 Å². The van der Waals surface area contributed by atoms with Gasteiger partial charge in [-0.1, -0.05) is 75.7 Å². The zero-order valence-electron chi connectivity index (χ0n) is 23.3. The molecule has 1 aromatic heterocycles. The smallest absolute Gasteiger partial charge is 0.338 e. The zero-order chi connectivity index (χ0) is 30.5. The van der Waals surface area contributed by atoms with Crippen molar-refractivity contribution in [1.29, 1.82) is 0 Å². The van der Waals surface area contributed by atoms with Gasteiger partial charge in [-0.2, -0.15) is 0 Å². The van der Waals surface area contributed by atoms with E-state index in [0.717, 1.165) is 19.2 Å². The molecule has 1 aliphatic heterocycles. The van der Waals surface area contributed by atoms with Gasteiger partial charge >= 0.3 is 5.97 Å². The van der Waals surface area contributed by atoms with Crippen LogP contribution in [0.4, 0.5) is 0 Å². The van der Waals surface area contributed by atoms with Crippen molar-refractivity contribution in [2.75, 3.05) is 19.8 Å². The molecule has 7 nitrogen and oxygen atoms in total. The van der Waals surface area contributed by atoms with Crippen LogP contribution in [0.3, 0.4) is 0 Å². The number of fused-ring (bicyclic) bond motifs is 1. The molecule has 10 heteroatoms. The van der Waals surface area contributed by atoms with Crippen LogP contribution in [-0.2, 0) is 9.53 Å². The van der Waals surface area contributed by atoms with E-state index in [1.807, 2.05) is 73.7 Å². The number of rotatable bonds is 9. The number of terminal acetylenes is 1. The van der Waals surface area contributed by atoms with Crippen molar-refractivity contribution in [2.45, 2.75) is 19.9 Å². The molecule has 0 N–H and O–H groups in total. The molecule has 0 spiro atoms. The van der Waals surface area contributed by atoms with E-state index in [-0.39, 0.29) is 24.3 Å². The van der Waals surface area contributed by atoms with Gasteiger partial charge < -0.3 is 14.2 Å². The number of benzene rings is 3. The van der Waals surface area contributed by atoms with Gasteiger partial charge in [0.2, 0.25) is 0 Å². The summed E-state index contributed by atoms with van der Waals surface area (Å²) < 4.78 is 20.7. The Morgan fingerprint density at radius 1 is 1.12 bits per heavy atom. The summed E-state index contributed by atoms with van der Waals surface area (Å²) in [5.41, 5.74) is 2.59. The highest BCUT2D eigenvalue weighted by Crippen LogP contribution is 2.36. The lowest BCUT2D eigenvalue weighted by atomic mass is 9.93. The molecule has 1 aliphatic rings. The van der Waals surface area contributed by atoms with Crippen LogP contribution >= 0.6 is 49.9 Å². The van der Waals surface area contributed by atoms with Crippen LogP contribution in [0.1, 0.15) is 36.6 Å². The van der Waals surface area contributed by atoms with Crippen molar-refractivity contribution in [3.05, 3.63) is 117 Å². The van der Waals surface area contributed by atoms with Gasteiger partial charge in [0.25, 0.3) is 5.56 Å². The van der Waals surface area contributed by atoms with Crippen molar-refractivity contribution >= 4 is 67.6 Å². The van der Waals surface area contributed by atoms with Crippen molar-refractivity contribution in [3.63, 3.8) is 0 Å². The first-order valence-electron chi connectivity index (χ1n) is 13.4. The maximum Gasteiger partial charge on any atom is 0.338 e. The highest BCUT2D eigenvalue weighted by Gasteiger charge is 2.35. The van der Waals surface area contributed by atoms with Gasteiger partial charge in [0, 0.05) is 15.6 Å². The molecule has 43 heavy (non-hydrogen) atoms. The SMILES string of the molecule is C#CCOc1c(I)cc(Br)cc1/C=c1\sc2n(c1=O)[C@@H](c1ccc(OCC)cc1)C(C(=O)OCC)=C(c1ccccc1)N=2. The summed E-state index contributed by atoms with van der Waals surface area (Å²) in [4.78, 5) is 33.2. The summed E-state index contributed by atoms with van der Waals surface area (Å²) in [5, 5.41) is 0. The van der Waals surface area contributed by atoms with Crippen LogP contribution in [0.2, 0.25) is 0 Å². The summed E-state index contributed by atoms with van der Waals surface area (Å²) in [6, 6.07) is 19.8. The number of ether oxygens (including phenoxy) is 3. The lowest BCUT2D eigenvalue weighted by Gasteiger charge is -2.26. The predicted molar refractivity (Wildman–Crippen MR) is 180 cm³/mol. The Hall–Kier alpha value is -3.66. The average Bonchev–Trinajstić information content (AvgIpc) is 3.31. The summed E-state index contributed by atoms with van der Waals surface area (Å²) >= 11 is 6.96. The number of hydrogen-bond acceptors (Lipinski definition) is 7. The Labute approximate surface area is 274 Å². The second-order valence-corrected chi connectivity index (χ2v) is 12.3. The number of thiazole rings is 1. The van der Waals surface area contributed by atoms with Crippen molar-refractivity contribution in [2.24, 2.45) is 4.99 Å². The van der Waals surface area contributed by atoms with E-state index in [4.69, 9.17) is 25.6 Å². The molecule has 0 amide bonds. The molecule has 0 saturated heterocycles. The summed E-state index contributed by atoms with van der Waals surface area (Å²) in [7, 11) is 0. The highest BCUT2D eigenvalue weighted by molar-refractivity contribution is 14.1. The normalized spacial score (nSPS) is 14.5. The minimum Gasteiger partial charge on any atom is -0.494 e. The molecule has 0 radical (unpaired) electrons. The maximum absolute atomic E-state index is 14.2. The summed E-state index contributed by atoms with van der Waals surface area (Å²) in [5.74, 6) is 3.22. The number of hydrogen-bond donors (Lipinski definition) is 0. The van der Waals surface area contributed by atoms with Gasteiger partial charge in [0.05, 0.1) is 38.6 Å². The van der Waals surface area contributed by atoms with Crippen LogP contribution in [-0.4, -0.2) is 30.4 Å². The van der Waals surface area contributed by atoms with Crippen LogP contribution in [0.25, 0.3) is 11.8 Å². The molecule has 5 rings (SSSR count). The Balaban J connectivity index is 1.80. The minimum atomic E-state index is -0.789. The van der Waals surface area contributed by atoms with E-state index in [9.17, 15) is 9.59 Å². The number of esters is 1. The second kappa shape index (κ2) is 13.8. The van der Waals surface area contributed by atoms with Gasteiger partial charge in [-0.05, 0) is 72.3 Å². The molecule has 0 fully saturated rings. The van der Waals surface area contributed by atoms with E-state index >= 15 is 0 Å². The molecule has 1 atom stereocenters. The first kappa shape index (κ1) is 30.8.